The Labute approximate surface area is 145 Å². The summed E-state index contributed by atoms with van der Waals surface area (Å²) in [6.45, 7) is 9.56. The van der Waals surface area contributed by atoms with Crippen LogP contribution >= 0.6 is 24.8 Å². The molecule has 4 nitrogen and oxygen atoms in total. The molecule has 1 aliphatic rings. The molecule has 2 N–H and O–H groups in total. The largest absolute Gasteiger partial charge is 0.368 e. The van der Waals surface area contributed by atoms with E-state index >= 15 is 0 Å². The number of nitrogens with zero attached hydrogens (tertiary/aromatic N) is 2. The monoisotopic (exact) mass is 347 g/mol. The molecule has 1 aromatic rings. The molecule has 1 unspecified atom stereocenters. The zero-order chi connectivity index (χ0) is 14.7. The first kappa shape index (κ1) is 21.0. The highest BCUT2D eigenvalue weighted by atomic mass is 35.5. The number of rotatable bonds is 3. The Morgan fingerprint density at radius 3 is 2.32 bits per heavy atom. The van der Waals surface area contributed by atoms with Crippen molar-refractivity contribution in [2.75, 3.05) is 31.1 Å². The van der Waals surface area contributed by atoms with Gasteiger partial charge >= 0.3 is 0 Å². The molecule has 1 heterocycles. The molecule has 0 aromatic heterocycles. The van der Waals surface area contributed by atoms with Gasteiger partial charge in [0.1, 0.15) is 0 Å². The summed E-state index contributed by atoms with van der Waals surface area (Å²) >= 11 is 0. The van der Waals surface area contributed by atoms with Crippen molar-refractivity contribution in [3.63, 3.8) is 0 Å². The van der Waals surface area contributed by atoms with Crippen molar-refractivity contribution in [3.05, 3.63) is 29.3 Å². The second kappa shape index (κ2) is 9.23. The molecule has 0 radical (unpaired) electrons. The van der Waals surface area contributed by atoms with E-state index in [-0.39, 0.29) is 36.8 Å². The van der Waals surface area contributed by atoms with Crippen molar-refractivity contribution in [2.45, 2.75) is 33.2 Å². The van der Waals surface area contributed by atoms with Gasteiger partial charge in [-0.1, -0.05) is 12.1 Å². The Morgan fingerprint density at radius 1 is 1.18 bits per heavy atom. The van der Waals surface area contributed by atoms with Gasteiger partial charge in [0.25, 0.3) is 0 Å². The molecule has 1 aliphatic heterocycles. The Kier molecular flexibility index (Phi) is 8.83. The molecular formula is C16H27Cl2N3O. The van der Waals surface area contributed by atoms with Gasteiger partial charge in [-0.2, -0.15) is 0 Å². The predicted octanol–water partition coefficient (Wildman–Crippen LogP) is 2.53. The van der Waals surface area contributed by atoms with Crippen LogP contribution in [0.15, 0.2) is 18.2 Å². The molecule has 0 aliphatic carbocycles. The first-order valence-corrected chi connectivity index (χ1v) is 7.33. The van der Waals surface area contributed by atoms with E-state index in [4.69, 9.17) is 5.73 Å². The van der Waals surface area contributed by atoms with Crippen molar-refractivity contribution >= 4 is 36.4 Å². The molecule has 1 fully saturated rings. The van der Waals surface area contributed by atoms with Crippen LogP contribution < -0.4 is 10.6 Å². The zero-order valence-electron chi connectivity index (χ0n) is 13.5. The molecule has 1 saturated heterocycles. The maximum absolute atomic E-state index is 12.0. The first-order valence-electron chi connectivity index (χ1n) is 7.33. The number of nitrogens with two attached hydrogens (primary N) is 1. The SMILES string of the molecule is Cc1cccc(N2CCN(C(=O)CC(C)N)CC2)c1C.Cl.Cl. The summed E-state index contributed by atoms with van der Waals surface area (Å²) in [6.07, 6.45) is 0.448. The molecule has 1 aromatic carbocycles. The number of halogens is 2. The quantitative estimate of drug-likeness (QED) is 0.913. The molecule has 1 atom stereocenters. The molecule has 2 rings (SSSR count). The van der Waals surface area contributed by atoms with E-state index < -0.39 is 0 Å². The lowest BCUT2D eigenvalue weighted by atomic mass is 10.1. The molecule has 0 bridgehead atoms. The minimum Gasteiger partial charge on any atom is -0.368 e. The van der Waals surface area contributed by atoms with E-state index in [0.29, 0.717) is 6.42 Å². The number of hydrogen-bond donors (Lipinski definition) is 1. The maximum Gasteiger partial charge on any atom is 0.224 e. The van der Waals surface area contributed by atoms with Gasteiger partial charge in [0.2, 0.25) is 5.91 Å². The molecule has 1 amide bonds. The van der Waals surface area contributed by atoms with Gasteiger partial charge in [-0.25, -0.2) is 0 Å². The van der Waals surface area contributed by atoms with Crippen molar-refractivity contribution in [1.82, 2.24) is 4.90 Å². The molecule has 0 spiro atoms. The fraction of sp³-hybridized carbons (Fsp3) is 0.562. The number of piperazine rings is 1. The summed E-state index contributed by atoms with van der Waals surface area (Å²) < 4.78 is 0. The van der Waals surface area contributed by atoms with Crippen LogP contribution in [-0.2, 0) is 4.79 Å². The highest BCUT2D eigenvalue weighted by molar-refractivity contribution is 5.85. The number of carbonyl (C=O) groups excluding carboxylic acids is 1. The van der Waals surface area contributed by atoms with Gasteiger partial charge in [0.15, 0.2) is 0 Å². The molecule has 0 saturated carbocycles. The standard InChI is InChI=1S/C16H25N3O.2ClH/c1-12-5-4-6-15(14(12)3)18-7-9-19(10-8-18)16(20)11-13(2)17;;/h4-6,13H,7-11,17H2,1-3H3;2*1H. The maximum atomic E-state index is 12.0. The third-order valence-corrected chi connectivity index (χ3v) is 4.05. The van der Waals surface area contributed by atoms with Gasteiger partial charge in [-0.3, -0.25) is 4.79 Å². The molecule has 126 valence electrons. The van der Waals surface area contributed by atoms with Gasteiger partial charge in [-0.15, -0.1) is 24.8 Å². The molecule has 6 heteroatoms. The number of amides is 1. The summed E-state index contributed by atoms with van der Waals surface area (Å²) in [5.74, 6) is 0.181. The van der Waals surface area contributed by atoms with Crippen LogP contribution in [0.4, 0.5) is 5.69 Å². The average Bonchev–Trinajstić information content (AvgIpc) is 2.41. The highest BCUT2D eigenvalue weighted by Crippen LogP contribution is 2.23. The Morgan fingerprint density at radius 2 is 1.77 bits per heavy atom. The third kappa shape index (κ3) is 5.04. The van der Waals surface area contributed by atoms with Crippen molar-refractivity contribution in [1.29, 1.82) is 0 Å². The first-order chi connectivity index (χ1) is 9.49. The number of carbonyl (C=O) groups is 1. The lowest BCUT2D eigenvalue weighted by Gasteiger charge is -2.37. The van der Waals surface area contributed by atoms with Gasteiger partial charge in [0, 0.05) is 44.3 Å². The summed E-state index contributed by atoms with van der Waals surface area (Å²) in [6, 6.07) is 6.36. The molecular weight excluding hydrogens is 321 g/mol. The van der Waals surface area contributed by atoms with Crippen molar-refractivity contribution < 1.29 is 4.79 Å². The smallest absolute Gasteiger partial charge is 0.224 e. The van der Waals surface area contributed by atoms with Crippen LogP contribution in [0, 0.1) is 13.8 Å². The lowest BCUT2D eigenvalue weighted by molar-refractivity contribution is -0.131. The lowest BCUT2D eigenvalue weighted by Crippen LogP contribution is -2.49. The number of aryl methyl sites for hydroxylation is 1. The van der Waals surface area contributed by atoms with E-state index in [1.807, 2.05) is 11.8 Å². The van der Waals surface area contributed by atoms with E-state index in [2.05, 4.69) is 36.9 Å². The van der Waals surface area contributed by atoms with Gasteiger partial charge in [-0.05, 0) is 38.0 Å². The predicted molar refractivity (Wildman–Crippen MR) is 97.5 cm³/mol. The second-order valence-electron chi connectivity index (χ2n) is 5.77. The van der Waals surface area contributed by atoms with Crippen LogP contribution in [0.2, 0.25) is 0 Å². The minimum atomic E-state index is -0.0560. The number of anilines is 1. The second-order valence-corrected chi connectivity index (χ2v) is 5.77. The molecule has 22 heavy (non-hydrogen) atoms. The third-order valence-electron chi connectivity index (χ3n) is 4.05. The van der Waals surface area contributed by atoms with Crippen molar-refractivity contribution in [3.8, 4) is 0 Å². The summed E-state index contributed by atoms with van der Waals surface area (Å²) in [5, 5.41) is 0. The minimum absolute atomic E-state index is 0. The number of benzene rings is 1. The summed E-state index contributed by atoms with van der Waals surface area (Å²) in [7, 11) is 0. The topological polar surface area (TPSA) is 49.6 Å². The highest BCUT2D eigenvalue weighted by Gasteiger charge is 2.22. The van der Waals surface area contributed by atoms with Crippen LogP contribution in [0.1, 0.15) is 24.5 Å². The van der Waals surface area contributed by atoms with Crippen LogP contribution in [0.3, 0.4) is 0 Å². The van der Waals surface area contributed by atoms with E-state index in [9.17, 15) is 4.79 Å². The van der Waals surface area contributed by atoms with Crippen LogP contribution in [-0.4, -0.2) is 43.0 Å². The van der Waals surface area contributed by atoms with Gasteiger partial charge in [0.05, 0.1) is 0 Å². The summed E-state index contributed by atoms with van der Waals surface area (Å²) in [4.78, 5) is 16.3. The van der Waals surface area contributed by atoms with Gasteiger partial charge < -0.3 is 15.5 Å². The van der Waals surface area contributed by atoms with Crippen molar-refractivity contribution in [2.24, 2.45) is 5.73 Å². The number of hydrogen-bond acceptors (Lipinski definition) is 3. The fourth-order valence-electron chi connectivity index (χ4n) is 2.68. The van der Waals surface area contributed by atoms with E-state index in [0.717, 1.165) is 26.2 Å². The Balaban J connectivity index is 0.00000220. The normalized spacial score (nSPS) is 15.6. The van der Waals surface area contributed by atoms with E-state index in [1.165, 1.54) is 16.8 Å². The Hall–Kier alpha value is -0.970. The average molecular weight is 348 g/mol. The summed E-state index contributed by atoms with van der Waals surface area (Å²) in [5.41, 5.74) is 9.65. The van der Waals surface area contributed by atoms with E-state index in [1.54, 1.807) is 0 Å². The Bertz CT molecular complexity index is 486. The van der Waals surface area contributed by atoms with Crippen LogP contribution in [0.25, 0.3) is 0 Å². The van der Waals surface area contributed by atoms with Crippen LogP contribution in [0.5, 0.6) is 0 Å². The fourth-order valence-corrected chi connectivity index (χ4v) is 2.68. The zero-order valence-corrected chi connectivity index (χ0v) is 15.2.